The number of rotatable bonds is 5. The molecule has 0 aromatic heterocycles. The Morgan fingerprint density at radius 3 is 2.53 bits per heavy atom. The third-order valence-corrected chi connectivity index (χ3v) is 5.87. The Kier molecular flexibility index (Phi) is 5.41. The molecule has 4 rings (SSSR count). The summed E-state index contributed by atoms with van der Waals surface area (Å²) in [7, 11) is 0. The zero-order valence-electron chi connectivity index (χ0n) is 17.7. The average Bonchev–Trinajstić information content (AvgIpc) is 3.14. The van der Waals surface area contributed by atoms with Crippen LogP contribution in [0.4, 0.5) is 5.69 Å². The van der Waals surface area contributed by atoms with Gasteiger partial charge in [-0.25, -0.2) is 0 Å². The average molecular weight is 408 g/mol. The van der Waals surface area contributed by atoms with Crippen LogP contribution in [0.5, 0.6) is 11.5 Å². The summed E-state index contributed by atoms with van der Waals surface area (Å²) in [6.45, 7) is 8.18. The van der Waals surface area contributed by atoms with Gasteiger partial charge >= 0.3 is 0 Å². The molecule has 2 aromatic rings. The zero-order chi connectivity index (χ0) is 21.3. The topological polar surface area (TPSA) is 67.9 Å². The lowest BCUT2D eigenvalue weighted by Gasteiger charge is -2.26. The highest BCUT2D eigenvalue weighted by molar-refractivity contribution is 6.00. The lowest BCUT2D eigenvalue weighted by atomic mass is 9.84. The Morgan fingerprint density at radius 2 is 1.80 bits per heavy atom. The van der Waals surface area contributed by atoms with Gasteiger partial charge in [0, 0.05) is 36.7 Å². The van der Waals surface area contributed by atoms with Crippen LogP contribution in [0.25, 0.3) is 0 Å². The van der Waals surface area contributed by atoms with E-state index >= 15 is 0 Å². The summed E-state index contributed by atoms with van der Waals surface area (Å²) in [5, 5.41) is 3.06. The van der Waals surface area contributed by atoms with Crippen LogP contribution in [0.2, 0.25) is 0 Å². The summed E-state index contributed by atoms with van der Waals surface area (Å²) in [4.78, 5) is 27.0. The predicted molar refractivity (Wildman–Crippen MR) is 115 cm³/mol. The second-order valence-electron chi connectivity index (χ2n) is 8.70. The van der Waals surface area contributed by atoms with Crippen LogP contribution in [0.1, 0.15) is 31.4 Å². The number of nitrogens with one attached hydrogen (secondary N) is 1. The van der Waals surface area contributed by atoms with E-state index in [4.69, 9.17) is 9.47 Å². The Hall–Kier alpha value is -3.02. The van der Waals surface area contributed by atoms with Gasteiger partial charge in [-0.3, -0.25) is 9.59 Å². The van der Waals surface area contributed by atoms with E-state index in [1.165, 1.54) is 11.1 Å². The van der Waals surface area contributed by atoms with E-state index < -0.39 is 0 Å². The van der Waals surface area contributed by atoms with E-state index in [2.05, 4.69) is 50.4 Å². The molecule has 1 fully saturated rings. The Bertz CT molecular complexity index is 952. The van der Waals surface area contributed by atoms with Gasteiger partial charge < -0.3 is 19.7 Å². The third-order valence-electron chi connectivity index (χ3n) is 5.87. The quantitative estimate of drug-likeness (QED) is 0.825. The Balaban J connectivity index is 1.39. The molecule has 0 spiro atoms. The summed E-state index contributed by atoms with van der Waals surface area (Å²) in [5.41, 5.74) is 2.93. The van der Waals surface area contributed by atoms with E-state index in [0.29, 0.717) is 37.8 Å². The van der Waals surface area contributed by atoms with E-state index in [1.807, 2.05) is 18.2 Å². The van der Waals surface area contributed by atoms with Crippen molar-refractivity contribution in [1.29, 1.82) is 0 Å². The molecule has 0 radical (unpaired) electrons. The molecule has 2 amide bonds. The molecule has 0 bridgehead atoms. The number of hydrogen-bond acceptors (Lipinski definition) is 4. The molecule has 0 saturated carbocycles. The number of carbonyl (C=O) groups is 2. The molecule has 1 unspecified atom stereocenters. The zero-order valence-corrected chi connectivity index (χ0v) is 17.7. The van der Waals surface area contributed by atoms with Crippen molar-refractivity contribution in [3.63, 3.8) is 0 Å². The maximum absolute atomic E-state index is 12.8. The molecule has 6 nitrogen and oxygen atoms in total. The minimum Gasteiger partial charge on any atom is -0.486 e. The highest BCUT2D eigenvalue weighted by atomic mass is 16.6. The molecule has 1 atom stereocenters. The van der Waals surface area contributed by atoms with Crippen molar-refractivity contribution < 1.29 is 19.1 Å². The maximum atomic E-state index is 12.8. The van der Waals surface area contributed by atoms with Crippen LogP contribution in [0, 0.1) is 12.8 Å². The molecule has 2 aromatic carbocycles. The van der Waals surface area contributed by atoms with Crippen molar-refractivity contribution in [2.45, 2.75) is 32.6 Å². The van der Waals surface area contributed by atoms with Crippen molar-refractivity contribution in [2.24, 2.45) is 5.92 Å². The van der Waals surface area contributed by atoms with Crippen LogP contribution in [-0.2, 0) is 15.0 Å². The predicted octanol–water partition coefficient (Wildman–Crippen LogP) is 3.21. The maximum Gasteiger partial charge on any atom is 0.227 e. The lowest BCUT2D eigenvalue weighted by molar-refractivity contribution is -0.126. The number of nitrogens with zero attached hydrogens (tertiary/aromatic N) is 1. The molecule has 2 heterocycles. The number of ether oxygens (including phenoxy) is 2. The number of hydrogen-bond donors (Lipinski definition) is 1. The Morgan fingerprint density at radius 1 is 1.10 bits per heavy atom. The molecule has 30 heavy (non-hydrogen) atoms. The second kappa shape index (κ2) is 8.01. The number of benzene rings is 2. The minimum absolute atomic E-state index is 0.0513. The van der Waals surface area contributed by atoms with Crippen LogP contribution >= 0.6 is 0 Å². The number of aryl methyl sites for hydroxylation is 1. The first-order chi connectivity index (χ1) is 14.3. The van der Waals surface area contributed by atoms with Crippen molar-refractivity contribution in [3.05, 3.63) is 53.6 Å². The van der Waals surface area contributed by atoms with Gasteiger partial charge in [0.25, 0.3) is 0 Å². The molecular formula is C24H28N2O4. The highest BCUT2D eigenvalue weighted by Crippen LogP contribution is 2.36. The molecule has 1 N–H and O–H groups in total. The van der Waals surface area contributed by atoms with Gasteiger partial charge in [0.1, 0.15) is 13.2 Å². The fourth-order valence-corrected chi connectivity index (χ4v) is 3.89. The molecular weight excluding hydrogens is 380 g/mol. The van der Waals surface area contributed by atoms with Gasteiger partial charge in [-0.1, -0.05) is 43.7 Å². The SMILES string of the molecule is Cc1ccc(C(C)(C)CNC(=O)C2CC(=O)N(c3ccc4c(c3)OCCO4)C2)cc1. The third kappa shape index (κ3) is 4.13. The number of amides is 2. The van der Waals surface area contributed by atoms with Crippen LogP contribution < -0.4 is 19.7 Å². The van der Waals surface area contributed by atoms with Crippen molar-refractivity contribution in [3.8, 4) is 11.5 Å². The lowest BCUT2D eigenvalue weighted by Crippen LogP contribution is -2.40. The summed E-state index contributed by atoms with van der Waals surface area (Å²) >= 11 is 0. The van der Waals surface area contributed by atoms with Gasteiger partial charge in [-0.15, -0.1) is 0 Å². The van der Waals surface area contributed by atoms with Crippen molar-refractivity contribution >= 4 is 17.5 Å². The molecule has 158 valence electrons. The summed E-state index contributed by atoms with van der Waals surface area (Å²) in [6.07, 6.45) is 0.214. The first-order valence-corrected chi connectivity index (χ1v) is 10.4. The van der Waals surface area contributed by atoms with E-state index in [9.17, 15) is 9.59 Å². The van der Waals surface area contributed by atoms with Crippen LogP contribution in [-0.4, -0.2) is 38.1 Å². The van der Waals surface area contributed by atoms with E-state index in [0.717, 1.165) is 5.69 Å². The van der Waals surface area contributed by atoms with E-state index in [-0.39, 0.29) is 29.6 Å². The molecule has 2 aliphatic heterocycles. The van der Waals surface area contributed by atoms with Gasteiger partial charge in [0.05, 0.1) is 5.92 Å². The minimum atomic E-state index is -0.362. The normalized spacial score (nSPS) is 18.4. The first-order valence-electron chi connectivity index (χ1n) is 10.4. The largest absolute Gasteiger partial charge is 0.486 e. The van der Waals surface area contributed by atoms with Crippen molar-refractivity contribution in [2.75, 3.05) is 31.2 Å². The highest BCUT2D eigenvalue weighted by Gasteiger charge is 2.36. The number of fused-ring (bicyclic) bond motifs is 1. The van der Waals surface area contributed by atoms with Gasteiger partial charge in [-0.2, -0.15) is 0 Å². The number of carbonyl (C=O) groups excluding carboxylic acids is 2. The Labute approximate surface area is 177 Å². The van der Waals surface area contributed by atoms with Crippen LogP contribution in [0.15, 0.2) is 42.5 Å². The summed E-state index contributed by atoms with van der Waals surface area (Å²) in [6, 6.07) is 13.8. The van der Waals surface area contributed by atoms with Crippen molar-refractivity contribution in [1.82, 2.24) is 5.32 Å². The smallest absolute Gasteiger partial charge is 0.227 e. The fraction of sp³-hybridized carbons (Fsp3) is 0.417. The summed E-state index contributed by atoms with van der Waals surface area (Å²) < 4.78 is 11.2. The number of anilines is 1. The molecule has 2 aliphatic rings. The fourth-order valence-electron chi connectivity index (χ4n) is 3.89. The summed E-state index contributed by atoms with van der Waals surface area (Å²) in [5.74, 6) is 0.830. The second-order valence-corrected chi connectivity index (χ2v) is 8.70. The standard InChI is InChI=1S/C24H28N2O4/c1-16-4-6-18(7-5-16)24(2,3)15-25-23(28)17-12-22(27)26(14-17)19-8-9-20-21(13-19)30-11-10-29-20/h4-9,13,17H,10-12,14-15H2,1-3H3,(H,25,28). The van der Waals surface area contributed by atoms with Crippen LogP contribution in [0.3, 0.4) is 0 Å². The van der Waals surface area contributed by atoms with Gasteiger partial charge in [0.15, 0.2) is 11.5 Å². The molecule has 6 heteroatoms. The monoisotopic (exact) mass is 408 g/mol. The van der Waals surface area contributed by atoms with Gasteiger partial charge in [-0.05, 0) is 24.6 Å². The van der Waals surface area contributed by atoms with E-state index in [1.54, 1.807) is 4.90 Å². The molecule has 0 aliphatic carbocycles. The first kappa shape index (κ1) is 20.3. The molecule has 1 saturated heterocycles. The van der Waals surface area contributed by atoms with Gasteiger partial charge in [0.2, 0.25) is 11.8 Å².